The molecule has 0 spiro atoms. The minimum absolute atomic E-state index is 0.102. The molecule has 6 nitrogen and oxygen atoms in total. The largest absolute Gasteiger partial charge is 0.478 e. The Hall–Kier alpha value is -2.63. The van der Waals surface area contributed by atoms with Crippen LogP contribution in [0.2, 0.25) is 0 Å². The molecular formula is C18H22N4O2. The van der Waals surface area contributed by atoms with Crippen molar-refractivity contribution in [2.45, 2.75) is 25.8 Å². The van der Waals surface area contributed by atoms with Crippen molar-refractivity contribution in [3.8, 4) is 5.88 Å². The highest BCUT2D eigenvalue weighted by Gasteiger charge is 2.24. The molecule has 6 heteroatoms. The maximum atomic E-state index is 12.5. The number of carbonyl (C=O) groups is 1. The molecule has 1 amide bonds. The number of aryl methyl sites for hydroxylation is 1. The lowest BCUT2D eigenvalue weighted by molar-refractivity contribution is 0.0718. The van der Waals surface area contributed by atoms with Crippen LogP contribution in [0.5, 0.6) is 5.88 Å². The molecule has 1 fully saturated rings. The topological polar surface area (TPSA) is 67.4 Å². The number of methoxy groups -OCH3 is 1. The van der Waals surface area contributed by atoms with E-state index in [2.05, 4.69) is 15.3 Å². The molecule has 0 bridgehead atoms. The zero-order valence-electron chi connectivity index (χ0n) is 14.0. The number of nitrogens with zero attached hydrogens (tertiary/aromatic N) is 3. The summed E-state index contributed by atoms with van der Waals surface area (Å²) >= 11 is 0. The summed E-state index contributed by atoms with van der Waals surface area (Å²) < 4.78 is 5.21. The van der Waals surface area contributed by atoms with Gasteiger partial charge in [0.1, 0.15) is 0 Å². The molecule has 24 heavy (non-hydrogen) atoms. The van der Waals surface area contributed by atoms with Crippen molar-refractivity contribution < 1.29 is 9.53 Å². The first kappa shape index (κ1) is 16.2. The molecule has 1 aromatic carbocycles. The normalized spacial score (nSPS) is 15.2. The van der Waals surface area contributed by atoms with Crippen molar-refractivity contribution in [1.29, 1.82) is 0 Å². The van der Waals surface area contributed by atoms with Gasteiger partial charge >= 0.3 is 0 Å². The molecule has 3 rings (SSSR count). The van der Waals surface area contributed by atoms with Gasteiger partial charge in [0.2, 0.25) is 0 Å². The molecule has 126 valence electrons. The molecule has 2 heterocycles. The number of piperidine rings is 1. The van der Waals surface area contributed by atoms with Gasteiger partial charge in [0, 0.05) is 37.1 Å². The van der Waals surface area contributed by atoms with Gasteiger partial charge in [0.05, 0.1) is 7.11 Å². The summed E-state index contributed by atoms with van der Waals surface area (Å²) in [5.74, 6) is 1.25. The van der Waals surface area contributed by atoms with Crippen molar-refractivity contribution >= 4 is 11.7 Å². The number of anilines is 1. The van der Waals surface area contributed by atoms with E-state index in [-0.39, 0.29) is 11.9 Å². The Bertz CT molecular complexity index is 694. The SMILES string of the molecule is COc1nccnc1NC1CCN(C(=O)c2ccc(C)cc2)CC1. The third-order valence-corrected chi connectivity index (χ3v) is 4.28. The number of hydrogen-bond acceptors (Lipinski definition) is 5. The minimum atomic E-state index is 0.102. The lowest BCUT2D eigenvalue weighted by Gasteiger charge is -2.32. The van der Waals surface area contributed by atoms with Gasteiger partial charge in [0.15, 0.2) is 5.82 Å². The second-order valence-electron chi connectivity index (χ2n) is 5.99. The summed E-state index contributed by atoms with van der Waals surface area (Å²) in [6.07, 6.45) is 4.99. The molecule has 0 aliphatic carbocycles. The van der Waals surface area contributed by atoms with E-state index in [1.165, 1.54) is 0 Å². The summed E-state index contributed by atoms with van der Waals surface area (Å²) in [5.41, 5.74) is 1.91. The third-order valence-electron chi connectivity index (χ3n) is 4.28. The number of aromatic nitrogens is 2. The standard InChI is InChI=1S/C18H22N4O2/c1-13-3-5-14(6-4-13)18(23)22-11-7-15(8-12-22)21-16-17(24-2)20-10-9-19-16/h3-6,9-10,15H,7-8,11-12H2,1-2H3,(H,19,21). The van der Waals surface area contributed by atoms with Crippen LogP contribution in [0.25, 0.3) is 0 Å². The van der Waals surface area contributed by atoms with E-state index in [4.69, 9.17) is 4.74 Å². The van der Waals surface area contributed by atoms with Crippen LogP contribution in [0.15, 0.2) is 36.7 Å². The van der Waals surface area contributed by atoms with Gasteiger partial charge in [-0.3, -0.25) is 4.79 Å². The predicted molar refractivity (Wildman–Crippen MR) is 92.3 cm³/mol. The quantitative estimate of drug-likeness (QED) is 0.935. The second-order valence-corrected chi connectivity index (χ2v) is 5.99. The van der Waals surface area contributed by atoms with E-state index in [1.54, 1.807) is 19.5 Å². The maximum absolute atomic E-state index is 12.5. The van der Waals surface area contributed by atoms with Crippen LogP contribution in [0.4, 0.5) is 5.82 Å². The minimum Gasteiger partial charge on any atom is -0.478 e. The maximum Gasteiger partial charge on any atom is 0.257 e. The van der Waals surface area contributed by atoms with Gasteiger partial charge < -0.3 is 15.0 Å². The Balaban J connectivity index is 1.57. The fraction of sp³-hybridized carbons (Fsp3) is 0.389. The average molecular weight is 326 g/mol. The molecule has 2 aromatic rings. The molecular weight excluding hydrogens is 304 g/mol. The summed E-state index contributed by atoms with van der Waals surface area (Å²) in [5, 5.41) is 3.37. The molecule has 0 atom stereocenters. The number of nitrogens with one attached hydrogen (secondary N) is 1. The molecule has 0 unspecified atom stereocenters. The zero-order chi connectivity index (χ0) is 16.9. The fourth-order valence-corrected chi connectivity index (χ4v) is 2.87. The van der Waals surface area contributed by atoms with Gasteiger partial charge in [-0.15, -0.1) is 0 Å². The van der Waals surface area contributed by atoms with E-state index in [1.807, 2.05) is 36.1 Å². The van der Waals surface area contributed by atoms with Crippen molar-refractivity contribution in [3.05, 3.63) is 47.8 Å². The Labute approximate surface area is 141 Å². The molecule has 0 radical (unpaired) electrons. The summed E-state index contributed by atoms with van der Waals surface area (Å²) in [7, 11) is 1.58. The molecule has 1 N–H and O–H groups in total. The lowest BCUT2D eigenvalue weighted by Crippen LogP contribution is -2.42. The zero-order valence-corrected chi connectivity index (χ0v) is 14.0. The number of benzene rings is 1. The Kier molecular flexibility index (Phi) is 4.93. The number of rotatable bonds is 4. The van der Waals surface area contributed by atoms with E-state index in [0.29, 0.717) is 11.7 Å². The Morgan fingerprint density at radius 2 is 1.83 bits per heavy atom. The summed E-state index contributed by atoms with van der Waals surface area (Å²) in [6, 6.07) is 8.00. The monoisotopic (exact) mass is 326 g/mol. The number of amides is 1. The highest BCUT2D eigenvalue weighted by Crippen LogP contribution is 2.22. The van der Waals surface area contributed by atoms with Gasteiger partial charge in [-0.25, -0.2) is 9.97 Å². The molecule has 1 aliphatic rings. The second kappa shape index (κ2) is 7.29. The van der Waals surface area contributed by atoms with Gasteiger partial charge in [0.25, 0.3) is 11.8 Å². The van der Waals surface area contributed by atoms with Crippen LogP contribution in [0.3, 0.4) is 0 Å². The Morgan fingerprint density at radius 3 is 2.50 bits per heavy atom. The van der Waals surface area contributed by atoms with E-state index < -0.39 is 0 Å². The molecule has 0 saturated carbocycles. The first-order valence-corrected chi connectivity index (χ1v) is 8.15. The highest BCUT2D eigenvalue weighted by molar-refractivity contribution is 5.94. The van der Waals surface area contributed by atoms with Crippen LogP contribution in [0, 0.1) is 6.92 Å². The number of carbonyl (C=O) groups excluding carboxylic acids is 1. The van der Waals surface area contributed by atoms with Crippen molar-refractivity contribution in [2.75, 3.05) is 25.5 Å². The van der Waals surface area contributed by atoms with Crippen LogP contribution < -0.4 is 10.1 Å². The van der Waals surface area contributed by atoms with Gasteiger partial charge in [-0.2, -0.15) is 0 Å². The third kappa shape index (κ3) is 3.64. The van der Waals surface area contributed by atoms with Crippen molar-refractivity contribution in [3.63, 3.8) is 0 Å². The fourth-order valence-electron chi connectivity index (χ4n) is 2.87. The lowest BCUT2D eigenvalue weighted by atomic mass is 10.0. The Morgan fingerprint density at radius 1 is 1.17 bits per heavy atom. The van der Waals surface area contributed by atoms with E-state index >= 15 is 0 Å². The van der Waals surface area contributed by atoms with E-state index in [9.17, 15) is 4.79 Å². The molecule has 1 saturated heterocycles. The van der Waals surface area contributed by atoms with Crippen LogP contribution >= 0.6 is 0 Å². The summed E-state index contributed by atoms with van der Waals surface area (Å²) in [4.78, 5) is 22.9. The van der Waals surface area contributed by atoms with Crippen molar-refractivity contribution in [1.82, 2.24) is 14.9 Å². The van der Waals surface area contributed by atoms with Gasteiger partial charge in [-0.05, 0) is 31.9 Å². The average Bonchev–Trinajstić information content (AvgIpc) is 2.63. The van der Waals surface area contributed by atoms with Crippen molar-refractivity contribution in [2.24, 2.45) is 0 Å². The summed E-state index contributed by atoms with van der Waals surface area (Å²) in [6.45, 7) is 3.48. The molecule has 1 aromatic heterocycles. The smallest absolute Gasteiger partial charge is 0.257 e. The van der Waals surface area contributed by atoms with Crippen LogP contribution in [-0.4, -0.2) is 47.0 Å². The highest BCUT2D eigenvalue weighted by atomic mass is 16.5. The van der Waals surface area contributed by atoms with Gasteiger partial charge in [-0.1, -0.05) is 17.7 Å². The molecule has 1 aliphatic heterocycles. The number of ether oxygens (including phenoxy) is 1. The number of likely N-dealkylation sites (tertiary alicyclic amines) is 1. The van der Waals surface area contributed by atoms with E-state index in [0.717, 1.165) is 37.1 Å². The first-order chi connectivity index (χ1) is 11.7. The first-order valence-electron chi connectivity index (χ1n) is 8.15. The van der Waals surface area contributed by atoms with Crippen LogP contribution in [-0.2, 0) is 0 Å². The number of hydrogen-bond donors (Lipinski definition) is 1. The van der Waals surface area contributed by atoms with Crippen LogP contribution in [0.1, 0.15) is 28.8 Å². The predicted octanol–water partition coefficient (Wildman–Crippen LogP) is 2.51.